The van der Waals surface area contributed by atoms with E-state index in [0.29, 0.717) is 0 Å². The van der Waals surface area contributed by atoms with Crippen LogP contribution in [0.2, 0.25) is 0 Å². The molecule has 3 nitrogen and oxygen atoms in total. The summed E-state index contributed by atoms with van der Waals surface area (Å²) in [5.74, 6) is -0.107. The lowest BCUT2D eigenvalue weighted by molar-refractivity contribution is -0.140. The molecular weight excluding hydrogens is 293 g/mol. The van der Waals surface area contributed by atoms with Gasteiger partial charge in [-0.05, 0) is 43.7 Å². The van der Waals surface area contributed by atoms with E-state index in [1.807, 2.05) is 0 Å². The van der Waals surface area contributed by atoms with E-state index in [0.717, 1.165) is 37.7 Å². The van der Waals surface area contributed by atoms with Gasteiger partial charge in [0.2, 0.25) is 0 Å². The van der Waals surface area contributed by atoms with E-state index < -0.39 is 5.82 Å². The zero-order valence-corrected chi connectivity index (χ0v) is 13.7. The average Bonchev–Trinajstić information content (AvgIpc) is 2.56. The normalized spacial score (nSPS) is 20.7. The van der Waals surface area contributed by atoms with E-state index in [1.165, 1.54) is 37.8 Å². The van der Waals surface area contributed by atoms with Crippen LogP contribution in [-0.4, -0.2) is 5.97 Å². The fraction of sp³-hybridized carbons (Fsp3) is 0.579. The van der Waals surface area contributed by atoms with Crippen molar-refractivity contribution in [2.75, 3.05) is 0 Å². The molecule has 23 heavy (non-hydrogen) atoms. The highest BCUT2D eigenvalue weighted by atomic mass is 19.1. The molecule has 0 atom stereocenters. The molecule has 0 saturated heterocycles. The van der Waals surface area contributed by atoms with Gasteiger partial charge in [0, 0.05) is 6.07 Å². The first kappa shape index (κ1) is 17.5. The Kier molecular flexibility index (Phi) is 6.58. The summed E-state index contributed by atoms with van der Waals surface area (Å²) in [5.41, 5.74) is -0.0441. The van der Waals surface area contributed by atoms with Crippen LogP contribution in [0.25, 0.3) is 0 Å². The van der Waals surface area contributed by atoms with Crippen molar-refractivity contribution in [1.82, 2.24) is 0 Å². The molecule has 0 unspecified atom stereocenters. The number of carbonyl (C=O) groups excluding carboxylic acids is 1. The topological polar surface area (TPSA) is 50.1 Å². The SMILES string of the molecule is CCCCC[C@H]1CC[C@@H](C(=O)Oc2ccc(C#N)c(F)c2)CC1. The zero-order valence-electron chi connectivity index (χ0n) is 13.7. The third kappa shape index (κ3) is 5.06. The average molecular weight is 317 g/mol. The van der Waals surface area contributed by atoms with E-state index >= 15 is 0 Å². The summed E-state index contributed by atoms with van der Waals surface area (Å²) >= 11 is 0. The largest absolute Gasteiger partial charge is 0.426 e. The summed E-state index contributed by atoms with van der Waals surface area (Å²) in [5, 5.41) is 8.70. The lowest BCUT2D eigenvalue weighted by Gasteiger charge is -2.27. The number of halogens is 1. The number of hydrogen-bond acceptors (Lipinski definition) is 3. The molecule has 1 fully saturated rings. The lowest BCUT2D eigenvalue weighted by Crippen LogP contribution is -2.25. The van der Waals surface area contributed by atoms with E-state index in [9.17, 15) is 9.18 Å². The van der Waals surface area contributed by atoms with Crippen molar-refractivity contribution in [3.05, 3.63) is 29.6 Å². The first-order chi connectivity index (χ1) is 11.1. The number of benzene rings is 1. The van der Waals surface area contributed by atoms with Crippen molar-refractivity contribution in [1.29, 1.82) is 5.26 Å². The number of esters is 1. The van der Waals surface area contributed by atoms with Crippen LogP contribution in [0.3, 0.4) is 0 Å². The third-order valence-corrected chi connectivity index (χ3v) is 4.68. The van der Waals surface area contributed by atoms with Crippen LogP contribution in [0.5, 0.6) is 5.75 Å². The van der Waals surface area contributed by atoms with Crippen LogP contribution < -0.4 is 4.74 Å². The number of nitrogens with zero attached hydrogens (tertiary/aromatic N) is 1. The predicted molar refractivity (Wildman–Crippen MR) is 86.3 cm³/mol. The van der Waals surface area contributed by atoms with Gasteiger partial charge < -0.3 is 4.74 Å². The van der Waals surface area contributed by atoms with Crippen molar-refractivity contribution in [3.63, 3.8) is 0 Å². The first-order valence-corrected chi connectivity index (χ1v) is 8.55. The second kappa shape index (κ2) is 8.67. The summed E-state index contributed by atoms with van der Waals surface area (Å²) in [4.78, 5) is 12.2. The van der Waals surface area contributed by atoms with Crippen molar-refractivity contribution >= 4 is 5.97 Å². The molecule has 0 spiro atoms. The van der Waals surface area contributed by atoms with Gasteiger partial charge in [-0.15, -0.1) is 0 Å². The van der Waals surface area contributed by atoms with Gasteiger partial charge in [0.05, 0.1) is 11.5 Å². The Morgan fingerprint density at radius 2 is 2.04 bits per heavy atom. The number of nitriles is 1. The fourth-order valence-corrected chi connectivity index (χ4v) is 3.22. The van der Waals surface area contributed by atoms with E-state index in [-0.39, 0.29) is 23.2 Å². The maximum absolute atomic E-state index is 13.5. The molecule has 0 amide bonds. The smallest absolute Gasteiger partial charge is 0.314 e. The maximum Gasteiger partial charge on any atom is 0.314 e. The van der Waals surface area contributed by atoms with Crippen LogP contribution in [0, 0.1) is 29.0 Å². The molecule has 2 rings (SSSR count). The van der Waals surface area contributed by atoms with Crippen molar-refractivity contribution in [2.45, 2.75) is 58.3 Å². The molecule has 124 valence electrons. The monoisotopic (exact) mass is 317 g/mol. The highest BCUT2D eigenvalue weighted by Crippen LogP contribution is 2.33. The summed E-state index contributed by atoms with van der Waals surface area (Å²) in [6.45, 7) is 2.21. The molecule has 1 aliphatic rings. The Hall–Kier alpha value is -1.89. The lowest BCUT2D eigenvalue weighted by atomic mass is 9.80. The number of unbranched alkanes of at least 4 members (excludes halogenated alkanes) is 2. The minimum Gasteiger partial charge on any atom is -0.426 e. The third-order valence-electron chi connectivity index (χ3n) is 4.68. The van der Waals surface area contributed by atoms with E-state index in [1.54, 1.807) is 6.07 Å². The van der Waals surface area contributed by atoms with Gasteiger partial charge >= 0.3 is 5.97 Å². The summed E-state index contributed by atoms with van der Waals surface area (Å²) in [6, 6.07) is 5.66. The van der Waals surface area contributed by atoms with Crippen LogP contribution >= 0.6 is 0 Å². The van der Waals surface area contributed by atoms with Crippen molar-refractivity contribution in [3.8, 4) is 11.8 Å². The number of carbonyl (C=O) groups is 1. The van der Waals surface area contributed by atoms with Gasteiger partial charge in [-0.2, -0.15) is 5.26 Å². The van der Waals surface area contributed by atoms with Gasteiger partial charge in [-0.3, -0.25) is 4.79 Å². The molecule has 4 heteroatoms. The van der Waals surface area contributed by atoms with Crippen molar-refractivity contribution < 1.29 is 13.9 Å². The second-order valence-electron chi connectivity index (χ2n) is 6.39. The molecule has 0 aromatic heterocycles. The molecule has 0 N–H and O–H groups in total. The van der Waals surface area contributed by atoms with Gasteiger partial charge in [0.1, 0.15) is 17.6 Å². The molecule has 0 bridgehead atoms. The maximum atomic E-state index is 13.5. The minimum absolute atomic E-state index is 0.0441. The van der Waals surface area contributed by atoms with Gasteiger partial charge in [0.25, 0.3) is 0 Å². The molecule has 1 aliphatic carbocycles. The standard InChI is InChI=1S/C19H24FNO2/c1-2-3-4-5-14-6-8-15(9-7-14)19(22)23-17-11-10-16(13-21)18(20)12-17/h10-12,14-15H,2-9H2,1H3/t14-,15+. The zero-order chi connectivity index (χ0) is 16.7. The molecular formula is C19H24FNO2. The van der Waals surface area contributed by atoms with Crippen LogP contribution in [0.1, 0.15) is 63.9 Å². The highest BCUT2D eigenvalue weighted by Gasteiger charge is 2.27. The Morgan fingerprint density at radius 1 is 1.30 bits per heavy atom. The van der Waals surface area contributed by atoms with Gasteiger partial charge in [0.15, 0.2) is 0 Å². The highest BCUT2D eigenvalue weighted by molar-refractivity contribution is 5.75. The summed E-state index contributed by atoms with van der Waals surface area (Å²) in [7, 11) is 0. The minimum atomic E-state index is -0.655. The van der Waals surface area contributed by atoms with Gasteiger partial charge in [-0.1, -0.05) is 32.6 Å². The predicted octanol–water partition coefficient (Wildman–Crippen LogP) is 4.99. The van der Waals surface area contributed by atoms with Crippen molar-refractivity contribution in [2.24, 2.45) is 11.8 Å². The Morgan fingerprint density at radius 3 is 2.65 bits per heavy atom. The van der Waals surface area contributed by atoms with E-state index in [4.69, 9.17) is 10.00 Å². The number of hydrogen-bond donors (Lipinski definition) is 0. The number of rotatable bonds is 6. The fourth-order valence-electron chi connectivity index (χ4n) is 3.22. The summed E-state index contributed by atoms with van der Waals surface area (Å²) < 4.78 is 18.8. The first-order valence-electron chi connectivity index (χ1n) is 8.55. The number of ether oxygens (including phenoxy) is 1. The Labute approximate surface area is 137 Å². The molecule has 0 heterocycles. The molecule has 0 radical (unpaired) electrons. The van der Waals surface area contributed by atoms with Crippen LogP contribution in [0.4, 0.5) is 4.39 Å². The molecule has 1 saturated carbocycles. The molecule has 1 aromatic rings. The summed E-state index contributed by atoms with van der Waals surface area (Å²) in [6.07, 6.45) is 8.92. The second-order valence-corrected chi connectivity index (χ2v) is 6.39. The Bertz CT molecular complexity index is 571. The molecule has 1 aromatic carbocycles. The van der Waals surface area contributed by atoms with E-state index in [2.05, 4.69) is 6.92 Å². The molecule has 0 aliphatic heterocycles. The Balaban J connectivity index is 1.81. The van der Waals surface area contributed by atoms with Gasteiger partial charge in [-0.25, -0.2) is 4.39 Å². The quantitative estimate of drug-likeness (QED) is 0.422. The van der Waals surface area contributed by atoms with Crippen LogP contribution in [0.15, 0.2) is 18.2 Å². The van der Waals surface area contributed by atoms with Crippen LogP contribution in [-0.2, 0) is 4.79 Å².